The summed E-state index contributed by atoms with van der Waals surface area (Å²) in [6, 6.07) is 18.2. The van der Waals surface area contributed by atoms with E-state index in [2.05, 4.69) is 28.2 Å². The van der Waals surface area contributed by atoms with Crippen LogP contribution in [0.25, 0.3) is 21.5 Å². The molecule has 0 aliphatic heterocycles. The maximum Gasteiger partial charge on any atom is 0.227 e. The molecule has 3 aromatic rings. The zero-order chi connectivity index (χ0) is 22.2. The molecule has 31 heavy (non-hydrogen) atoms. The molecular weight excluding hydrogens is 408 g/mol. The predicted octanol–water partition coefficient (Wildman–Crippen LogP) is 5.21. The fourth-order valence-electron chi connectivity index (χ4n) is 4.24. The summed E-state index contributed by atoms with van der Waals surface area (Å²) in [5.74, 6) is -0.105. The molecule has 1 amide bonds. The average Bonchev–Trinajstić information content (AvgIpc) is 2.73. The Labute approximate surface area is 184 Å². The van der Waals surface area contributed by atoms with E-state index in [9.17, 15) is 13.2 Å². The van der Waals surface area contributed by atoms with E-state index in [1.54, 1.807) is 20.8 Å². The van der Waals surface area contributed by atoms with Crippen LogP contribution in [-0.2, 0) is 14.8 Å². The first-order valence-electron chi connectivity index (χ1n) is 10.9. The molecule has 0 saturated heterocycles. The number of sulfonamides is 1. The van der Waals surface area contributed by atoms with Crippen molar-refractivity contribution in [2.24, 2.45) is 5.92 Å². The van der Waals surface area contributed by atoms with Gasteiger partial charge in [0.05, 0.1) is 10.4 Å². The third-order valence-corrected chi connectivity index (χ3v) is 8.50. The van der Waals surface area contributed by atoms with Gasteiger partial charge in [0.1, 0.15) is 0 Å². The second-order valence-corrected chi connectivity index (χ2v) is 11.9. The fourth-order valence-corrected chi connectivity index (χ4v) is 5.27. The molecule has 3 aromatic carbocycles. The van der Waals surface area contributed by atoms with E-state index in [0.29, 0.717) is 25.7 Å². The maximum absolute atomic E-state index is 13.2. The van der Waals surface area contributed by atoms with Crippen LogP contribution < -0.4 is 10.0 Å². The van der Waals surface area contributed by atoms with Gasteiger partial charge in [-0.1, -0.05) is 48.5 Å². The van der Waals surface area contributed by atoms with Gasteiger partial charge in [0.2, 0.25) is 15.9 Å². The third kappa shape index (κ3) is 4.46. The minimum absolute atomic E-state index is 0.0126. The summed E-state index contributed by atoms with van der Waals surface area (Å²) in [4.78, 5) is 13.2. The molecule has 1 aliphatic rings. The van der Waals surface area contributed by atoms with Crippen LogP contribution in [0.2, 0.25) is 0 Å². The fraction of sp³-hybridized carbons (Fsp3) is 0.400. The summed E-state index contributed by atoms with van der Waals surface area (Å²) in [5, 5.41) is 7.45. The lowest BCUT2D eigenvalue weighted by atomic mass is 9.85. The van der Waals surface area contributed by atoms with Crippen molar-refractivity contribution in [1.29, 1.82) is 0 Å². The number of nitrogens with one attached hydrogen (secondary N) is 2. The lowest BCUT2D eigenvalue weighted by molar-refractivity contribution is -0.120. The molecule has 1 aliphatic carbocycles. The number of amides is 1. The molecule has 6 heteroatoms. The van der Waals surface area contributed by atoms with Gasteiger partial charge in [0.15, 0.2) is 0 Å². The van der Waals surface area contributed by atoms with Crippen LogP contribution in [0.5, 0.6) is 0 Å². The van der Waals surface area contributed by atoms with E-state index in [4.69, 9.17) is 0 Å². The van der Waals surface area contributed by atoms with E-state index in [1.165, 1.54) is 0 Å². The van der Waals surface area contributed by atoms with Crippen LogP contribution in [0.1, 0.15) is 46.5 Å². The highest BCUT2D eigenvalue weighted by atomic mass is 32.2. The lowest BCUT2D eigenvalue weighted by Gasteiger charge is -2.31. The smallest absolute Gasteiger partial charge is 0.227 e. The number of rotatable bonds is 4. The summed E-state index contributed by atoms with van der Waals surface area (Å²) in [5.41, 5.74) is 0.856. The molecule has 1 saturated carbocycles. The maximum atomic E-state index is 13.2. The van der Waals surface area contributed by atoms with Crippen LogP contribution in [0, 0.1) is 5.92 Å². The van der Waals surface area contributed by atoms with Crippen molar-refractivity contribution in [3.8, 4) is 0 Å². The van der Waals surface area contributed by atoms with Crippen molar-refractivity contribution in [2.75, 3.05) is 5.32 Å². The number of carbonyl (C=O) groups excluding carboxylic acids is 1. The van der Waals surface area contributed by atoms with Crippen molar-refractivity contribution in [1.82, 2.24) is 4.72 Å². The van der Waals surface area contributed by atoms with Gasteiger partial charge < -0.3 is 5.32 Å². The van der Waals surface area contributed by atoms with Gasteiger partial charge in [-0.3, -0.25) is 4.79 Å². The van der Waals surface area contributed by atoms with E-state index in [0.717, 1.165) is 27.2 Å². The molecule has 164 valence electrons. The first kappa shape index (κ1) is 21.8. The van der Waals surface area contributed by atoms with Crippen molar-refractivity contribution in [3.05, 3.63) is 54.6 Å². The molecule has 0 radical (unpaired) electrons. The van der Waals surface area contributed by atoms with Gasteiger partial charge in [-0.25, -0.2) is 13.1 Å². The second kappa shape index (κ2) is 8.24. The quantitative estimate of drug-likeness (QED) is 0.549. The van der Waals surface area contributed by atoms with Crippen molar-refractivity contribution >= 4 is 43.2 Å². The van der Waals surface area contributed by atoms with Crippen molar-refractivity contribution in [2.45, 2.75) is 57.2 Å². The van der Waals surface area contributed by atoms with Crippen LogP contribution in [-0.4, -0.2) is 25.1 Å². The SMILES string of the molecule is CC(C)(C)S(=O)(=O)NC1CCC(C(=O)Nc2c3ccccc3cc3ccccc23)CC1. The Morgan fingerprint density at radius 1 is 0.871 bits per heavy atom. The number of fused-ring (bicyclic) bond motifs is 2. The van der Waals surface area contributed by atoms with Gasteiger partial charge in [0.25, 0.3) is 0 Å². The highest BCUT2D eigenvalue weighted by Crippen LogP contribution is 2.34. The summed E-state index contributed by atoms with van der Waals surface area (Å²) in [7, 11) is -3.38. The molecule has 0 atom stereocenters. The molecule has 0 unspecified atom stereocenters. The predicted molar refractivity (Wildman–Crippen MR) is 128 cm³/mol. The van der Waals surface area contributed by atoms with Crippen molar-refractivity contribution < 1.29 is 13.2 Å². The number of hydrogen-bond acceptors (Lipinski definition) is 3. The van der Waals surface area contributed by atoms with E-state index >= 15 is 0 Å². The third-order valence-electron chi connectivity index (χ3n) is 6.25. The molecule has 0 spiro atoms. The molecule has 2 N–H and O–H groups in total. The summed E-state index contributed by atoms with van der Waals surface area (Å²) in [6.07, 6.45) is 2.69. The number of benzene rings is 3. The normalized spacial score (nSPS) is 20.1. The highest BCUT2D eigenvalue weighted by Gasteiger charge is 2.34. The molecule has 4 rings (SSSR count). The van der Waals surface area contributed by atoms with Gasteiger partial charge in [0, 0.05) is 22.7 Å². The van der Waals surface area contributed by atoms with Crippen LogP contribution >= 0.6 is 0 Å². The van der Waals surface area contributed by atoms with Gasteiger partial charge in [-0.2, -0.15) is 0 Å². The van der Waals surface area contributed by atoms with Crippen molar-refractivity contribution in [3.63, 3.8) is 0 Å². The number of carbonyl (C=O) groups is 1. The Hall–Kier alpha value is -2.44. The van der Waals surface area contributed by atoms with Gasteiger partial charge >= 0.3 is 0 Å². The Balaban J connectivity index is 1.50. The van der Waals surface area contributed by atoms with Gasteiger partial charge in [-0.15, -0.1) is 0 Å². The Bertz CT molecular complexity index is 1170. The van der Waals surface area contributed by atoms with Crippen LogP contribution in [0.4, 0.5) is 5.69 Å². The summed E-state index contributed by atoms with van der Waals surface area (Å²) < 4.78 is 26.9. The van der Waals surface area contributed by atoms with E-state index in [-0.39, 0.29) is 17.9 Å². The minimum Gasteiger partial charge on any atom is -0.325 e. The highest BCUT2D eigenvalue weighted by molar-refractivity contribution is 7.90. The average molecular weight is 439 g/mol. The topological polar surface area (TPSA) is 75.3 Å². The Morgan fingerprint density at radius 3 is 1.90 bits per heavy atom. The van der Waals surface area contributed by atoms with E-state index in [1.807, 2.05) is 36.4 Å². The van der Waals surface area contributed by atoms with Crippen LogP contribution in [0.3, 0.4) is 0 Å². The molecular formula is C25H30N2O3S. The molecule has 1 fully saturated rings. The Kier molecular flexibility index (Phi) is 5.79. The first-order valence-corrected chi connectivity index (χ1v) is 12.4. The number of hydrogen-bond donors (Lipinski definition) is 2. The summed E-state index contributed by atoms with van der Waals surface area (Å²) >= 11 is 0. The molecule has 0 heterocycles. The lowest BCUT2D eigenvalue weighted by Crippen LogP contribution is -2.46. The molecule has 5 nitrogen and oxygen atoms in total. The van der Waals surface area contributed by atoms with Gasteiger partial charge in [-0.05, 0) is 63.3 Å². The minimum atomic E-state index is -3.38. The largest absolute Gasteiger partial charge is 0.325 e. The second-order valence-electron chi connectivity index (χ2n) is 9.47. The number of anilines is 1. The standard InChI is InChI=1S/C25H30N2O3S/c1-25(2,3)31(29,30)27-20-14-12-17(13-15-20)24(28)26-23-21-10-6-4-8-18(21)16-19-9-5-7-11-22(19)23/h4-11,16-17,20,27H,12-15H2,1-3H3,(H,26,28). The first-order chi connectivity index (χ1) is 14.7. The summed E-state index contributed by atoms with van der Waals surface area (Å²) in [6.45, 7) is 5.09. The van der Waals surface area contributed by atoms with E-state index < -0.39 is 14.8 Å². The zero-order valence-corrected chi connectivity index (χ0v) is 19.1. The molecule has 0 aromatic heterocycles. The van der Waals surface area contributed by atoms with Crippen LogP contribution in [0.15, 0.2) is 54.6 Å². The Morgan fingerprint density at radius 2 is 1.39 bits per heavy atom. The molecule has 0 bridgehead atoms. The monoisotopic (exact) mass is 438 g/mol. The zero-order valence-electron chi connectivity index (χ0n) is 18.3.